The van der Waals surface area contributed by atoms with Crippen LogP contribution in [0.4, 0.5) is 0 Å². The summed E-state index contributed by atoms with van der Waals surface area (Å²) in [6.45, 7) is 8.26. The highest BCUT2D eigenvalue weighted by atomic mass is 15.0. The Hall–Kier alpha value is -6.52. The average molecular weight is 615 g/mol. The lowest BCUT2D eigenvalue weighted by atomic mass is 9.88. The van der Waals surface area contributed by atoms with Crippen molar-refractivity contribution in [3.05, 3.63) is 170 Å². The molecule has 2 heterocycles. The van der Waals surface area contributed by atoms with Crippen molar-refractivity contribution < 1.29 is 0 Å². The Morgan fingerprint density at radius 1 is 0.438 bits per heavy atom. The fourth-order valence-electron chi connectivity index (χ4n) is 6.43. The lowest BCUT2D eigenvalue weighted by molar-refractivity contribution is 1.07. The number of fused-ring (bicyclic) bond motifs is 2. The molecular formula is C44H30N4. The summed E-state index contributed by atoms with van der Waals surface area (Å²) >= 11 is 0. The summed E-state index contributed by atoms with van der Waals surface area (Å²) in [5, 5.41) is 4.46. The minimum atomic E-state index is 0.601. The Labute approximate surface area is 279 Å². The van der Waals surface area contributed by atoms with Crippen LogP contribution in [-0.4, -0.2) is 19.9 Å². The second-order valence-corrected chi connectivity index (χ2v) is 11.6. The molecular weight excluding hydrogens is 585 g/mol. The standard InChI is InChI=1S/C44H30N4/c1-3-29-27-41(40-20-12-11-19-39(40)36(29)4-2)34-24-33(37-21-13-18-32-28-45-23-22-38(32)37)25-35(26-34)44-47-42(30-14-7-5-8-15-30)46-43(48-44)31-16-9-6-10-17-31/h3-28H,1-2H2. The lowest BCUT2D eigenvalue weighted by Gasteiger charge is -2.16. The van der Waals surface area contributed by atoms with Crippen LogP contribution in [0.3, 0.4) is 0 Å². The maximum absolute atomic E-state index is 5.09. The minimum absolute atomic E-state index is 0.601. The van der Waals surface area contributed by atoms with Crippen LogP contribution in [0.2, 0.25) is 0 Å². The molecule has 4 nitrogen and oxygen atoms in total. The van der Waals surface area contributed by atoms with Crippen LogP contribution in [0.1, 0.15) is 11.1 Å². The van der Waals surface area contributed by atoms with E-state index in [1.54, 1.807) is 0 Å². The molecule has 0 amide bonds. The zero-order valence-electron chi connectivity index (χ0n) is 26.2. The fraction of sp³-hybridized carbons (Fsp3) is 0. The third-order valence-electron chi connectivity index (χ3n) is 8.74. The van der Waals surface area contributed by atoms with Gasteiger partial charge in [-0.1, -0.05) is 128 Å². The van der Waals surface area contributed by atoms with Crippen LogP contribution >= 0.6 is 0 Å². The molecule has 0 saturated heterocycles. The van der Waals surface area contributed by atoms with E-state index in [0.717, 1.165) is 71.6 Å². The van der Waals surface area contributed by atoms with E-state index in [0.29, 0.717) is 17.5 Å². The molecule has 0 unspecified atom stereocenters. The first-order valence-electron chi connectivity index (χ1n) is 15.9. The van der Waals surface area contributed by atoms with Gasteiger partial charge in [0.15, 0.2) is 17.5 Å². The van der Waals surface area contributed by atoms with Gasteiger partial charge in [-0.15, -0.1) is 0 Å². The number of nitrogens with zero attached hydrogens (tertiary/aromatic N) is 4. The summed E-state index contributed by atoms with van der Waals surface area (Å²) < 4.78 is 0. The number of benzene rings is 6. The van der Waals surface area contributed by atoms with Crippen LogP contribution in [-0.2, 0) is 0 Å². The molecule has 0 aliphatic carbocycles. The van der Waals surface area contributed by atoms with E-state index in [-0.39, 0.29) is 0 Å². The molecule has 0 bridgehead atoms. The molecule has 8 rings (SSSR count). The summed E-state index contributed by atoms with van der Waals surface area (Å²) in [5.41, 5.74) is 9.15. The predicted molar refractivity (Wildman–Crippen MR) is 200 cm³/mol. The van der Waals surface area contributed by atoms with E-state index in [4.69, 9.17) is 15.0 Å². The Bertz CT molecular complexity index is 2420. The number of aromatic nitrogens is 4. The normalized spacial score (nSPS) is 11.1. The molecule has 48 heavy (non-hydrogen) atoms. The summed E-state index contributed by atoms with van der Waals surface area (Å²) in [7, 11) is 0. The number of pyridine rings is 1. The predicted octanol–water partition coefficient (Wildman–Crippen LogP) is 11.2. The van der Waals surface area contributed by atoms with Crippen LogP contribution < -0.4 is 0 Å². The van der Waals surface area contributed by atoms with Gasteiger partial charge < -0.3 is 0 Å². The Morgan fingerprint density at radius 3 is 1.67 bits per heavy atom. The molecule has 4 heteroatoms. The average Bonchev–Trinajstić information content (AvgIpc) is 3.17. The zero-order valence-corrected chi connectivity index (χ0v) is 26.2. The highest BCUT2D eigenvalue weighted by Gasteiger charge is 2.17. The molecule has 0 atom stereocenters. The van der Waals surface area contributed by atoms with Crippen LogP contribution in [0.25, 0.3) is 90.1 Å². The Balaban J connectivity index is 1.44. The van der Waals surface area contributed by atoms with E-state index in [1.807, 2.05) is 85.2 Å². The van der Waals surface area contributed by atoms with Crippen molar-refractivity contribution in [2.45, 2.75) is 0 Å². The largest absolute Gasteiger partial charge is 0.264 e. The zero-order chi connectivity index (χ0) is 32.5. The molecule has 0 saturated carbocycles. The van der Waals surface area contributed by atoms with Gasteiger partial charge in [0.2, 0.25) is 0 Å². The van der Waals surface area contributed by atoms with Crippen molar-refractivity contribution in [1.82, 2.24) is 19.9 Å². The Kier molecular flexibility index (Phi) is 7.44. The van der Waals surface area contributed by atoms with Gasteiger partial charge in [-0.2, -0.15) is 0 Å². The first-order chi connectivity index (χ1) is 23.7. The first kappa shape index (κ1) is 28.9. The van der Waals surface area contributed by atoms with Crippen LogP contribution in [0.15, 0.2) is 159 Å². The molecule has 6 aromatic carbocycles. The Morgan fingerprint density at radius 2 is 1.02 bits per heavy atom. The number of rotatable bonds is 7. The summed E-state index contributed by atoms with van der Waals surface area (Å²) in [4.78, 5) is 19.5. The molecule has 0 spiro atoms. The molecule has 0 radical (unpaired) electrons. The van der Waals surface area contributed by atoms with Crippen molar-refractivity contribution >= 4 is 33.7 Å². The van der Waals surface area contributed by atoms with Gasteiger partial charge in [0.1, 0.15) is 0 Å². The molecule has 0 aliphatic heterocycles. The molecule has 0 aliphatic rings. The van der Waals surface area contributed by atoms with Gasteiger partial charge in [-0.3, -0.25) is 4.98 Å². The van der Waals surface area contributed by atoms with Crippen molar-refractivity contribution in [2.75, 3.05) is 0 Å². The van der Waals surface area contributed by atoms with Gasteiger partial charge in [-0.25, -0.2) is 15.0 Å². The lowest BCUT2D eigenvalue weighted by Crippen LogP contribution is -2.00. The summed E-state index contributed by atoms with van der Waals surface area (Å²) in [6.07, 6.45) is 7.57. The van der Waals surface area contributed by atoms with Gasteiger partial charge >= 0.3 is 0 Å². The van der Waals surface area contributed by atoms with Gasteiger partial charge in [-0.05, 0) is 79.9 Å². The van der Waals surface area contributed by atoms with E-state index in [1.165, 1.54) is 0 Å². The van der Waals surface area contributed by atoms with E-state index >= 15 is 0 Å². The molecule has 0 N–H and O–H groups in total. The molecule has 0 fully saturated rings. The second kappa shape index (κ2) is 12.3. The number of hydrogen-bond donors (Lipinski definition) is 0. The van der Waals surface area contributed by atoms with Gasteiger partial charge in [0.25, 0.3) is 0 Å². The van der Waals surface area contributed by atoms with Crippen LogP contribution in [0.5, 0.6) is 0 Å². The monoisotopic (exact) mass is 614 g/mol. The molecule has 8 aromatic rings. The van der Waals surface area contributed by atoms with Crippen molar-refractivity contribution in [3.8, 4) is 56.4 Å². The van der Waals surface area contributed by atoms with Crippen LogP contribution in [0, 0.1) is 0 Å². The van der Waals surface area contributed by atoms with E-state index in [9.17, 15) is 0 Å². The highest BCUT2D eigenvalue weighted by molar-refractivity contribution is 6.05. The maximum atomic E-state index is 5.09. The fourth-order valence-corrected chi connectivity index (χ4v) is 6.43. The third-order valence-corrected chi connectivity index (χ3v) is 8.74. The van der Waals surface area contributed by atoms with Crippen molar-refractivity contribution in [2.24, 2.45) is 0 Å². The van der Waals surface area contributed by atoms with Gasteiger partial charge in [0, 0.05) is 34.5 Å². The summed E-state index contributed by atoms with van der Waals surface area (Å²) in [6, 6.07) is 45.9. The second-order valence-electron chi connectivity index (χ2n) is 11.6. The highest BCUT2D eigenvalue weighted by Crippen LogP contribution is 2.40. The third kappa shape index (κ3) is 5.25. The quantitative estimate of drug-likeness (QED) is 0.179. The smallest absolute Gasteiger partial charge is 0.164 e. The molecule has 226 valence electrons. The maximum Gasteiger partial charge on any atom is 0.164 e. The van der Waals surface area contributed by atoms with Gasteiger partial charge in [0.05, 0.1) is 0 Å². The molecule has 2 aromatic heterocycles. The van der Waals surface area contributed by atoms with E-state index < -0.39 is 0 Å². The summed E-state index contributed by atoms with van der Waals surface area (Å²) in [5.74, 6) is 1.85. The number of hydrogen-bond acceptors (Lipinski definition) is 4. The topological polar surface area (TPSA) is 51.6 Å². The van der Waals surface area contributed by atoms with Crippen molar-refractivity contribution in [1.29, 1.82) is 0 Å². The SMILES string of the molecule is C=Cc1cc(-c2cc(-c3nc(-c4ccccc4)nc(-c4ccccc4)n3)cc(-c3cccc4cnccc34)c2)c2ccccc2c1C=C. The minimum Gasteiger partial charge on any atom is -0.264 e. The first-order valence-corrected chi connectivity index (χ1v) is 15.9. The van der Waals surface area contributed by atoms with Crippen molar-refractivity contribution in [3.63, 3.8) is 0 Å². The van der Waals surface area contributed by atoms with E-state index in [2.05, 4.69) is 90.9 Å².